The highest BCUT2D eigenvalue weighted by molar-refractivity contribution is 6.32. The first-order chi connectivity index (χ1) is 13.1. The molecule has 3 aromatic rings. The Balaban J connectivity index is 1.63. The molecule has 0 atom stereocenters. The lowest BCUT2D eigenvalue weighted by atomic mass is 10.1. The topological polar surface area (TPSA) is 65.4 Å². The Morgan fingerprint density at radius 3 is 2.52 bits per heavy atom. The summed E-state index contributed by atoms with van der Waals surface area (Å²) in [5, 5.41) is 3.21. The molecule has 0 unspecified atom stereocenters. The second kappa shape index (κ2) is 8.60. The normalized spacial score (nSPS) is 10.5. The van der Waals surface area contributed by atoms with E-state index in [1.807, 2.05) is 35.0 Å². The van der Waals surface area contributed by atoms with E-state index in [0.29, 0.717) is 28.6 Å². The summed E-state index contributed by atoms with van der Waals surface area (Å²) in [5.74, 6) is 0.587. The van der Waals surface area contributed by atoms with Gasteiger partial charge < -0.3 is 19.4 Å². The smallest absolute Gasteiger partial charge is 0.251 e. The van der Waals surface area contributed by atoms with Crippen molar-refractivity contribution in [1.82, 2.24) is 14.9 Å². The van der Waals surface area contributed by atoms with E-state index in [-0.39, 0.29) is 5.91 Å². The van der Waals surface area contributed by atoms with Gasteiger partial charge in [0, 0.05) is 31.0 Å². The molecule has 0 fully saturated rings. The van der Waals surface area contributed by atoms with Gasteiger partial charge in [-0.3, -0.25) is 4.79 Å². The Morgan fingerprint density at radius 2 is 1.89 bits per heavy atom. The van der Waals surface area contributed by atoms with Crippen LogP contribution in [-0.2, 0) is 13.1 Å². The molecule has 1 heterocycles. The summed E-state index contributed by atoms with van der Waals surface area (Å²) in [7, 11) is 3.00. The largest absolute Gasteiger partial charge is 0.493 e. The summed E-state index contributed by atoms with van der Waals surface area (Å²) in [6.45, 7) is 1.17. The monoisotopic (exact) mass is 385 g/mol. The van der Waals surface area contributed by atoms with Crippen molar-refractivity contribution in [3.8, 4) is 11.5 Å². The molecule has 1 N–H and O–H groups in total. The number of hydrogen-bond donors (Lipinski definition) is 1. The molecule has 0 aliphatic heterocycles. The van der Waals surface area contributed by atoms with E-state index in [1.54, 1.807) is 24.7 Å². The Bertz CT molecular complexity index is 909. The van der Waals surface area contributed by atoms with Crippen molar-refractivity contribution in [3.63, 3.8) is 0 Å². The van der Waals surface area contributed by atoms with Crippen LogP contribution in [0.1, 0.15) is 21.5 Å². The number of nitrogens with one attached hydrogen (secondary N) is 1. The summed E-state index contributed by atoms with van der Waals surface area (Å²) in [5.41, 5.74) is 2.58. The van der Waals surface area contributed by atoms with Gasteiger partial charge >= 0.3 is 0 Å². The van der Waals surface area contributed by atoms with Crippen LogP contribution in [0.25, 0.3) is 0 Å². The molecule has 140 valence electrons. The number of hydrogen-bond acceptors (Lipinski definition) is 4. The van der Waals surface area contributed by atoms with Crippen LogP contribution in [0.15, 0.2) is 55.1 Å². The van der Waals surface area contributed by atoms with E-state index in [0.717, 1.165) is 17.7 Å². The van der Waals surface area contributed by atoms with Crippen molar-refractivity contribution in [2.45, 2.75) is 13.1 Å². The molecular formula is C20H20ClN3O3. The fourth-order valence-electron chi connectivity index (χ4n) is 2.69. The van der Waals surface area contributed by atoms with Gasteiger partial charge in [-0.2, -0.15) is 0 Å². The second-order valence-electron chi connectivity index (χ2n) is 5.93. The standard InChI is InChI=1S/C20H20ClN3O3/c1-26-18-10-16(9-17(21)19(18)27-2)20(25)23-11-14-3-5-15(6-4-14)12-24-8-7-22-13-24/h3-10,13H,11-12H2,1-2H3,(H,23,25). The van der Waals surface area contributed by atoms with Crippen molar-refractivity contribution >= 4 is 17.5 Å². The number of aromatic nitrogens is 2. The first-order valence-corrected chi connectivity index (χ1v) is 8.71. The molecule has 6 nitrogen and oxygen atoms in total. The van der Waals surface area contributed by atoms with Crippen LogP contribution in [0.2, 0.25) is 5.02 Å². The number of carbonyl (C=O) groups is 1. The quantitative estimate of drug-likeness (QED) is 0.675. The third kappa shape index (κ3) is 4.60. The van der Waals surface area contributed by atoms with Crippen molar-refractivity contribution in [2.75, 3.05) is 14.2 Å². The van der Waals surface area contributed by atoms with Gasteiger partial charge in [0.1, 0.15) is 0 Å². The van der Waals surface area contributed by atoms with E-state index >= 15 is 0 Å². The average molecular weight is 386 g/mol. The molecule has 3 rings (SSSR count). The Morgan fingerprint density at radius 1 is 1.15 bits per heavy atom. The Labute approximate surface area is 162 Å². The van der Waals surface area contributed by atoms with E-state index in [9.17, 15) is 4.79 Å². The number of halogens is 1. The predicted octanol–water partition coefficient (Wildman–Crippen LogP) is 3.53. The minimum atomic E-state index is -0.236. The molecule has 7 heteroatoms. The lowest BCUT2D eigenvalue weighted by molar-refractivity contribution is 0.0950. The van der Waals surface area contributed by atoms with Crippen molar-refractivity contribution < 1.29 is 14.3 Å². The first-order valence-electron chi connectivity index (χ1n) is 8.34. The van der Waals surface area contributed by atoms with Crippen LogP contribution in [0.5, 0.6) is 11.5 Å². The van der Waals surface area contributed by atoms with Gasteiger partial charge in [0.15, 0.2) is 11.5 Å². The first kappa shape index (κ1) is 18.8. The lowest BCUT2D eigenvalue weighted by Crippen LogP contribution is -2.22. The van der Waals surface area contributed by atoms with Gasteiger partial charge in [0.05, 0.1) is 25.6 Å². The minimum Gasteiger partial charge on any atom is -0.493 e. The lowest BCUT2D eigenvalue weighted by Gasteiger charge is -2.12. The zero-order valence-corrected chi connectivity index (χ0v) is 15.9. The van der Waals surface area contributed by atoms with E-state index in [4.69, 9.17) is 21.1 Å². The van der Waals surface area contributed by atoms with Crippen molar-refractivity contribution in [3.05, 3.63) is 76.8 Å². The van der Waals surface area contributed by atoms with Crippen LogP contribution < -0.4 is 14.8 Å². The highest BCUT2D eigenvalue weighted by Crippen LogP contribution is 2.35. The van der Waals surface area contributed by atoms with Crippen LogP contribution in [0.3, 0.4) is 0 Å². The van der Waals surface area contributed by atoms with E-state index in [1.165, 1.54) is 14.2 Å². The summed E-state index contributed by atoms with van der Waals surface area (Å²) < 4.78 is 12.4. The van der Waals surface area contributed by atoms with Crippen LogP contribution in [0.4, 0.5) is 0 Å². The SMILES string of the molecule is COc1cc(C(=O)NCc2ccc(Cn3ccnc3)cc2)cc(Cl)c1OC. The van der Waals surface area contributed by atoms with Gasteiger partial charge in [-0.05, 0) is 23.3 Å². The molecule has 0 bridgehead atoms. The Hall–Kier alpha value is -2.99. The molecule has 0 saturated carbocycles. The second-order valence-corrected chi connectivity index (χ2v) is 6.33. The fourth-order valence-corrected chi connectivity index (χ4v) is 2.97. The Kier molecular flexibility index (Phi) is 5.98. The minimum absolute atomic E-state index is 0.236. The molecule has 0 saturated heterocycles. The summed E-state index contributed by atoms with van der Waals surface area (Å²) in [6, 6.07) is 11.2. The number of amides is 1. The van der Waals surface area contributed by atoms with Crippen molar-refractivity contribution in [2.24, 2.45) is 0 Å². The molecule has 27 heavy (non-hydrogen) atoms. The number of carbonyl (C=O) groups excluding carboxylic acids is 1. The predicted molar refractivity (Wildman–Crippen MR) is 103 cm³/mol. The van der Waals surface area contributed by atoms with E-state index in [2.05, 4.69) is 10.3 Å². The van der Waals surface area contributed by atoms with Crippen LogP contribution >= 0.6 is 11.6 Å². The van der Waals surface area contributed by atoms with Gasteiger partial charge in [0.2, 0.25) is 0 Å². The number of nitrogens with zero attached hydrogens (tertiary/aromatic N) is 2. The number of benzene rings is 2. The third-order valence-corrected chi connectivity index (χ3v) is 4.38. The average Bonchev–Trinajstić information content (AvgIpc) is 3.19. The fraction of sp³-hybridized carbons (Fsp3) is 0.200. The molecule has 0 aliphatic rings. The highest BCUT2D eigenvalue weighted by Gasteiger charge is 2.15. The number of imidazole rings is 1. The van der Waals surface area contributed by atoms with Gasteiger partial charge in [-0.25, -0.2) is 4.98 Å². The van der Waals surface area contributed by atoms with Crippen LogP contribution in [-0.4, -0.2) is 29.7 Å². The number of ether oxygens (including phenoxy) is 2. The molecule has 0 spiro atoms. The highest BCUT2D eigenvalue weighted by atomic mass is 35.5. The molecule has 1 aromatic heterocycles. The summed E-state index contributed by atoms with van der Waals surface area (Å²) >= 11 is 6.16. The van der Waals surface area contributed by atoms with Crippen molar-refractivity contribution in [1.29, 1.82) is 0 Å². The maximum atomic E-state index is 12.4. The summed E-state index contributed by atoms with van der Waals surface area (Å²) in [4.78, 5) is 16.5. The molecule has 0 aliphatic carbocycles. The zero-order chi connectivity index (χ0) is 19.2. The zero-order valence-electron chi connectivity index (χ0n) is 15.1. The van der Waals surface area contributed by atoms with Gasteiger partial charge in [0.25, 0.3) is 5.91 Å². The molecular weight excluding hydrogens is 366 g/mol. The molecule has 1 amide bonds. The molecule has 0 radical (unpaired) electrons. The van der Waals surface area contributed by atoms with Crippen LogP contribution in [0, 0.1) is 0 Å². The third-order valence-electron chi connectivity index (χ3n) is 4.10. The number of rotatable bonds is 7. The van der Waals surface area contributed by atoms with Gasteiger partial charge in [-0.1, -0.05) is 35.9 Å². The summed E-state index contributed by atoms with van der Waals surface area (Å²) in [6.07, 6.45) is 5.45. The van der Waals surface area contributed by atoms with Gasteiger partial charge in [-0.15, -0.1) is 0 Å². The maximum Gasteiger partial charge on any atom is 0.251 e. The number of methoxy groups -OCH3 is 2. The van der Waals surface area contributed by atoms with E-state index < -0.39 is 0 Å². The maximum absolute atomic E-state index is 12.4. The molecule has 2 aromatic carbocycles.